The molecule has 1 atom stereocenters. The minimum Gasteiger partial charge on any atom is -0.330 e. The van der Waals surface area contributed by atoms with Crippen molar-refractivity contribution in [1.82, 2.24) is 14.7 Å². The first-order valence-electron chi connectivity index (χ1n) is 7.57. The summed E-state index contributed by atoms with van der Waals surface area (Å²) < 4.78 is 14.7. The summed E-state index contributed by atoms with van der Waals surface area (Å²) in [4.78, 5) is 14.6. The molecule has 0 aliphatic carbocycles. The van der Waals surface area contributed by atoms with E-state index in [-0.39, 0.29) is 23.7 Å². The van der Waals surface area contributed by atoms with E-state index in [4.69, 9.17) is 0 Å². The predicted molar refractivity (Wildman–Crippen MR) is 82.1 cm³/mol. The van der Waals surface area contributed by atoms with Crippen LogP contribution in [0.1, 0.15) is 54.0 Å². The van der Waals surface area contributed by atoms with Crippen LogP contribution in [0.25, 0.3) is 0 Å². The Morgan fingerprint density at radius 1 is 1.32 bits per heavy atom. The number of carbonyl (C=O) groups is 1. The molecule has 22 heavy (non-hydrogen) atoms. The van der Waals surface area contributed by atoms with E-state index in [1.807, 2.05) is 11.0 Å². The summed E-state index contributed by atoms with van der Waals surface area (Å²) in [5.41, 5.74) is 2.51. The van der Waals surface area contributed by atoms with Gasteiger partial charge in [0.1, 0.15) is 11.5 Å². The molecule has 1 aromatic carbocycles. The van der Waals surface area contributed by atoms with Crippen LogP contribution in [0.5, 0.6) is 0 Å². The third kappa shape index (κ3) is 2.51. The SMILES string of the molecule is CC(C)c1cc(C(=O)N2CCC2c2ccc(F)cc2)n(C)n1. The Balaban J connectivity index is 1.82. The Kier molecular flexibility index (Phi) is 3.72. The van der Waals surface area contributed by atoms with Gasteiger partial charge in [0.25, 0.3) is 5.91 Å². The number of amides is 1. The monoisotopic (exact) mass is 301 g/mol. The Hall–Kier alpha value is -2.17. The van der Waals surface area contributed by atoms with Crippen molar-refractivity contribution in [2.75, 3.05) is 6.54 Å². The fraction of sp³-hybridized carbons (Fsp3) is 0.412. The number of benzene rings is 1. The summed E-state index contributed by atoms with van der Waals surface area (Å²) in [6.45, 7) is 4.84. The highest BCUT2D eigenvalue weighted by Gasteiger charge is 2.35. The van der Waals surface area contributed by atoms with Gasteiger partial charge in [-0.3, -0.25) is 9.48 Å². The minimum atomic E-state index is -0.255. The van der Waals surface area contributed by atoms with Gasteiger partial charge in [0.15, 0.2) is 0 Å². The lowest BCUT2D eigenvalue weighted by Gasteiger charge is -2.41. The molecule has 2 aromatic rings. The van der Waals surface area contributed by atoms with E-state index in [0.717, 1.165) is 24.2 Å². The molecular formula is C17H20FN3O. The van der Waals surface area contributed by atoms with Gasteiger partial charge in [-0.05, 0) is 36.1 Å². The van der Waals surface area contributed by atoms with Gasteiger partial charge in [-0.1, -0.05) is 26.0 Å². The first kappa shape index (κ1) is 14.8. The van der Waals surface area contributed by atoms with Gasteiger partial charge in [-0.25, -0.2) is 4.39 Å². The Bertz CT molecular complexity index is 690. The standard InChI is InChI=1S/C17H20FN3O/c1-11(2)14-10-16(20(3)19-14)17(22)21-9-8-15(21)12-4-6-13(18)7-5-12/h4-7,10-11,15H,8-9H2,1-3H3. The van der Waals surface area contributed by atoms with Crippen LogP contribution in [-0.4, -0.2) is 27.1 Å². The number of rotatable bonds is 3. The third-order valence-corrected chi connectivity index (χ3v) is 4.24. The summed E-state index contributed by atoms with van der Waals surface area (Å²) in [7, 11) is 1.80. The van der Waals surface area contributed by atoms with Gasteiger partial charge in [0.05, 0.1) is 11.7 Å². The van der Waals surface area contributed by atoms with Crippen molar-refractivity contribution in [3.8, 4) is 0 Å². The highest BCUT2D eigenvalue weighted by molar-refractivity contribution is 5.93. The van der Waals surface area contributed by atoms with Crippen LogP contribution >= 0.6 is 0 Å². The zero-order valence-corrected chi connectivity index (χ0v) is 13.1. The van der Waals surface area contributed by atoms with Crippen LogP contribution in [0, 0.1) is 5.82 Å². The lowest BCUT2D eigenvalue weighted by Crippen LogP contribution is -2.45. The van der Waals surface area contributed by atoms with Crippen molar-refractivity contribution in [3.63, 3.8) is 0 Å². The van der Waals surface area contributed by atoms with E-state index >= 15 is 0 Å². The van der Waals surface area contributed by atoms with E-state index < -0.39 is 0 Å². The summed E-state index contributed by atoms with van der Waals surface area (Å²) in [6, 6.07) is 8.29. The fourth-order valence-corrected chi connectivity index (χ4v) is 2.78. The number of likely N-dealkylation sites (tertiary alicyclic amines) is 1. The van der Waals surface area contributed by atoms with Gasteiger partial charge in [0.2, 0.25) is 0 Å². The van der Waals surface area contributed by atoms with Crippen molar-refractivity contribution in [2.24, 2.45) is 7.05 Å². The summed E-state index contributed by atoms with van der Waals surface area (Å²) in [5.74, 6) is 0.0219. The molecule has 2 heterocycles. The van der Waals surface area contributed by atoms with E-state index in [0.29, 0.717) is 5.69 Å². The molecule has 116 valence electrons. The number of nitrogens with zero attached hydrogens (tertiary/aromatic N) is 3. The maximum atomic E-state index is 13.0. The van der Waals surface area contributed by atoms with Crippen molar-refractivity contribution >= 4 is 5.91 Å². The first-order valence-corrected chi connectivity index (χ1v) is 7.57. The lowest BCUT2D eigenvalue weighted by molar-refractivity contribution is 0.0449. The van der Waals surface area contributed by atoms with Gasteiger partial charge in [-0.15, -0.1) is 0 Å². The number of aromatic nitrogens is 2. The lowest BCUT2D eigenvalue weighted by atomic mass is 9.94. The van der Waals surface area contributed by atoms with Crippen LogP contribution in [0.4, 0.5) is 4.39 Å². The average Bonchev–Trinajstić information content (AvgIpc) is 2.82. The number of carbonyl (C=O) groups excluding carboxylic acids is 1. The molecule has 3 rings (SSSR count). The molecular weight excluding hydrogens is 281 g/mol. The number of halogens is 1. The minimum absolute atomic E-state index is 0.0116. The molecule has 0 saturated carbocycles. The quantitative estimate of drug-likeness (QED) is 0.872. The fourth-order valence-electron chi connectivity index (χ4n) is 2.78. The van der Waals surface area contributed by atoms with Crippen molar-refractivity contribution in [2.45, 2.75) is 32.2 Å². The van der Waals surface area contributed by atoms with Crippen molar-refractivity contribution in [3.05, 3.63) is 53.1 Å². The Morgan fingerprint density at radius 3 is 2.50 bits per heavy atom. The van der Waals surface area contributed by atoms with Gasteiger partial charge < -0.3 is 4.90 Å². The molecule has 5 heteroatoms. The van der Waals surface area contributed by atoms with E-state index in [2.05, 4.69) is 18.9 Å². The topological polar surface area (TPSA) is 38.1 Å². The summed E-state index contributed by atoms with van der Waals surface area (Å²) >= 11 is 0. The van der Waals surface area contributed by atoms with Gasteiger partial charge in [-0.2, -0.15) is 5.10 Å². The third-order valence-electron chi connectivity index (χ3n) is 4.24. The zero-order valence-electron chi connectivity index (χ0n) is 13.1. The smallest absolute Gasteiger partial charge is 0.272 e. The highest BCUT2D eigenvalue weighted by atomic mass is 19.1. The molecule has 4 nitrogen and oxygen atoms in total. The molecule has 1 amide bonds. The normalized spacial score (nSPS) is 17.7. The summed E-state index contributed by atoms with van der Waals surface area (Å²) in [6.07, 6.45) is 0.909. The molecule has 1 aliphatic heterocycles. The second-order valence-corrected chi connectivity index (χ2v) is 6.09. The van der Waals surface area contributed by atoms with Gasteiger partial charge >= 0.3 is 0 Å². The zero-order chi connectivity index (χ0) is 15.9. The predicted octanol–water partition coefficient (Wildman–Crippen LogP) is 3.27. The van der Waals surface area contributed by atoms with E-state index in [9.17, 15) is 9.18 Å². The van der Waals surface area contributed by atoms with Crippen LogP contribution in [0.15, 0.2) is 30.3 Å². The van der Waals surface area contributed by atoms with Crippen molar-refractivity contribution < 1.29 is 9.18 Å². The van der Waals surface area contributed by atoms with Crippen LogP contribution < -0.4 is 0 Å². The maximum Gasteiger partial charge on any atom is 0.272 e. The number of hydrogen-bond acceptors (Lipinski definition) is 2. The van der Waals surface area contributed by atoms with Gasteiger partial charge in [0, 0.05) is 13.6 Å². The largest absolute Gasteiger partial charge is 0.330 e. The van der Waals surface area contributed by atoms with Crippen molar-refractivity contribution in [1.29, 1.82) is 0 Å². The Labute approximate surface area is 129 Å². The summed E-state index contributed by atoms with van der Waals surface area (Å²) in [5, 5.41) is 4.40. The highest BCUT2D eigenvalue weighted by Crippen LogP contribution is 2.34. The van der Waals surface area contributed by atoms with Crippen LogP contribution in [-0.2, 0) is 7.05 Å². The molecule has 0 bridgehead atoms. The molecule has 1 unspecified atom stereocenters. The first-order chi connectivity index (χ1) is 10.5. The molecule has 1 aliphatic rings. The van der Waals surface area contributed by atoms with E-state index in [1.54, 1.807) is 23.9 Å². The van der Waals surface area contributed by atoms with Crippen LogP contribution in [0.2, 0.25) is 0 Å². The molecule has 0 N–H and O–H groups in total. The number of aryl methyl sites for hydroxylation is 1. The second kappa shape index (κ2) is 5.55. The molecule has 1 saturated heterocycles. The molecule has 0 spiro atoms. The van der Waals surface area contributed by atoms with Crippen LogP contribution in [0.3, 0.4) is 0 Å². The Morgan fingerprint density at radius 2 is 2.00 bits per heavy atom. The molecule has 0 radical (unpaired) electrons. The molecule has 1 fully saturated rings. The maximum absolute atomic E-state index is 13.0. The second-order valence-electron chi connectivity index (χ2n) is 6.09. The number of hydrogen-bond donors (Lipinski definition) is 0. The van der Waals surface area contributed by atoms with E-state index in [1.165, 1.54) is 12.1 Å². The average molecular weight is 301 g/mol. The molecule has 1 aromatic heterocycles.